The van der Waals surface area contributed by atoms with E-state index in [2.05, 4.69) is 15.5 Å². The molecule has 2 aliphatic rings. The van der Waals surface area contributed by atoms with Crippen LogP contribution < -0.4 is 5.32 Å². The van der Waals surface area contributed by atoms with Crippen molar-refractivity contribution in [2.45, 2.75) is 59.4 Å². The first-order chi connectivity index (χ1) is 15.4. The van der Waals surface area contributed by atoms with Crippen LogP contribution in [0.25, 0.3) is 0 Å². The summed E-state index contributed by atoms with van der Waals surface area (Å²) in [5.41, 5.74) is 4.23. The van der Waals surface area contributed by atoms with E-state index in [4.69, 9.17) is 14.6 Å². The summed E-state index contributed by atoms with van der Waals surface area (Å²) < 4.78 is 13.0. The average molecular weight is 442 g/mol. The fourth-order valence-electron chi connectivity index (χ4n) is 4.57. The van der Waals surface area contributed by atoms with Gasteiger partial charge in [0.2, 0.25) is 0 Å². The third kappa shape index (κ3) is 4.53. The number of rotatable bonds is 6. The van der Waals surface area contributed by atoms with Crippen molar-refractivity contribution in [3.05, 3.63) is 40.0 Å². The topological polar surface area (TPSA) is 108 Å². The highest BCUT2D eigenvalue weighted by Gasteiger charge is 2.39. The molecule has 2 aliphatic heterocycles. The fraction of sp³-hybridized carbons (Fsp3) is 0.609. The summed E-state index contributed by atoms with van der Waals surface area (Å²) in [6.07, 6.45) is 3.96. The summed E-state index contributed by atoms with van der Waals surface area (Å²) in [6.45, 7) is 8.51. The molecule has 1 spiro atoms. The van der Waals surface area contributed by atoms with Crippen LogP contribution in [0.3, 0.4) is 0 Å². The molecule has 0 atom stereocenters. The van der Waals surface area contributed by atoms with Crippen LogP contribution in [0, 0.1) is 19.3 Å². The molecular weight excluding hydrogens is 410 g/mol. The van der Waals surface area contributed by atoms with Crippen molar-refractivity contribution in [2.24, 2.45) is 5.41 Å². The molecule has 2 aromatic rings. The summed E-state index contributed by atoms with van der Waals surface area (Å²) in [5.74, 6) is -0.427. The lowest BCUT2D eigenvalue weighted by Gasteiger charge is -2.36. The highest BCUT2D eigenvalue weighted by atomic mass is 16.5. The Bertz CT molecular complexity index is 1010. The van der Waals surface area contributed by atoms with Gasteiger partial charge in [-0.15, -0.1) is 0 Å². The molecule has 1 fully saturated rings. The van der Waals surface area contributed by atoms with Gasteiger partial charge in [0.15, 0.2) is 0 Å². The number of nitrogens with one attached hydrogen (secondary N) is 1. The lowest BCUT2D eigenvalue weighted by atomic mass is 9.76. The van der Waals surface area contributed by atoms with Crippen molar-refractivity contribution in [2.75, 3.05) is 26.4 Å². The standard InChI is InChI=1S/C23H31N5O4/c1-4-18-20-19(13-23(14-24-21(20)29)6-10-31-11-7-23)28(27-18)8-5-9-32-22(30)17-12-15(2)25-26-16(17)3/h12H,4-11,13-14H2,1-3H3,(H,24,29). The number of hydrogen-bond acceptors (Lipinski definition) is 7. The maximum absolute atomic E-state index is 12.9. The van der Waals surface area contributed by atoms with Crippen LogP contribution in [-0.2, 0) is 28.9 Å². The molecule has 0 saturated carbocycles. The summed E-state index contributed by atoms with van der Waals surface area (Å²) in [7, 11) is 0. The first-order valence-corrected chi connectivity index (χ1v) is 11.3. The van der Waals surface area contributed by atoms with E-state index in [-0.39, 0.29) is 17.9 Å². The van der Waals surface area contributed by atoms with Gasteiger partial charge in [0.1, 0.15) is 0 Å². The molecule has 32 heavy (non-hydrogen) atoms. The number of aryl methyl sites for hydroxylation is 4. The number of nitrogens with zero attached hydrogens (tertiary/aromatic N) is 4. The normalized spacial score (nSPS) is 17.5. The van der Waals surface area contributed by atoms with Gasteiger partial charge in [-0.2, -0.15) is 15.3 Å². The molecule has 4 heterocycles. The van der Waals surface area contributed by atoms with Gasteiger partial charge in [-0.25, -0.2) is 4.79 Å². The maximum atomic E-state index is 12.9. The fourth-order valence-corrected chi connectivity index (χ4v) is 4.57. The lowest BCUT2D eigenvalue weighted by Crippen LogP contribution is -2.40. The monoisotopic (exact) mass is 441 g/mol. The van der Waals surface area contributed by atoms with E-state index in [0.29, 0.717) is 42.9 Å². The molecular formula is C23H31N5O4. The van der Waals surface area contributed by atoms with E-state index in [9.17, 15) is 9.59 Å². The zero-order valence-corrected chi connectivity index (χ0v) is 19.1. The molecule has 4 rings (SSSR count). The van der Waals surface area contributed by atoms with Crippen molar-refractivity contribution in [3.8, 4) is 0 Å². The van der Waals surface area contributed by atoms with Crippen LogP contribution in [0.2, 0.25) is 0 Å². The largest absolute Gasteiger partial charge is 0.462 e. The lowest BCUT2D eigenvalue weighted by molar-refractivity contribution is 0.0152. The molecule has 0 aliphatic carbocycles. The molecule has 172 valence electrons. The Morgan fingerprint density at radius 2 is 2.06 bits per heavy atom. The minimum atomic E-state index is -0.394. The molecule has 0 bridgehead atoms. The number of amides is 1. The summed E-state index contributed by atoms with van der Waals surface area (Å²) in [5, 5.41) is 15.8. The molecule has 1 N–H and O–H groups in total. The highest BCUT2D eigenvalue weighted by molar-refractivity contribution is 5.97. The van der Waals surface area contributed by atoms with E-state index in [1.54, 1.807) is 19.9 Å². The van der Waals surface area contributed by atoms with Gasteiger partial charge in [0, 0.05) is 32.7 Å². The Balaban J connectivity index is 1.46. The van der Waals surface area contributed by atoms with Gasteiger partial charge >= 0.3 is 5.97 Å². The molecule has 1 saturated heterocycles. The van der Waals surface area contributed by atoms with Crippen molar-refractivity contribution >= 4 is 11.9 Å². The van der Waals surface area contributed by atoms with E-state index in [1.807, 2.05) is 11.6 Å². The Morgan fingerprint density at radius 3 is 2.81 bits per heavy atom. The SMILES string of the molecule is CCc1nn(CCCOC(=O)c2cc(C)nnc2C)c2c1C(=O)NCC1(CCOCC1)C2. The van der Waals surface area contributed by atoms with Crippen molar-refractivity contribution < 1.29 is 19.1 Å². The molecule has 9 nitrogen and oxygen atoms in total. The van der Waals surface area contributed by atoms with Crippen molar-refractivity contribution in [3.63, 3.8) is 0 Å². The van der Waals surface area contributed by atoms with Crippen LogP contribution >= 0.6 is 0 Å². The molecule has 1 amide bonds. The van der Waals surface area contributed by atoms with Gasteiger partial charge < -0.3 is 14.8 Å². The van der Waals surface area contributed by atoms with Gasteiger partial charge in [0.05, 0.1) is 40.5 Å². The molecule has 0 radical (unpaired) electrons. The second-order valence-electron chi connectivity index (χ2n) is 8.79. The highest BCUT2D eigenvalue weighted by Crippen LogP contribution is 2.37. The zero-order chi connectivity index (χ0) is 22.7. The third-order valence-electron chi connectivity index (χ3n) is 6.48. The molecule has 2 aromatic heterocycles. The Labute approximate surface area is 187 Å². The smallest absolute Gasteiger partial charge is 0.340 e. The van der Waals surface area contributed by atoms with Crippen LogP contribution in [0.5, 0.6) is 0 Å². The van der Waals surface area contributed by atoms with Crippen LogP contribution in [-0.4, -0.2) is 58.2 Å². The van der Waals surface area contributed by atoms with Gasteiger partial charge in [-0.05, 0) is 51.0 Å². The number of ether oxygens (including phenoxy) is 2. The minimum Gasteiger partial charge on any atom is -0.462 e. The second kappa shape index (κ2) is 9.36. The van der Waals surface area contributed by atoms with E-state index >= 15 is 0 Å². The quantitative estimate of drug-likeness (QED) is 0.541. The number of fused-ring (bicyclic) bond motifs is 1. The second-order valence-corrected chi connectivity index (χ2v) is 8.79. The van der Waals surface area contributed by atoms with Crippen LogP contribution in [0.1, 0.15) is 69.7 Å². The summed E-state index contributed by atoms with van der Waals surface area (Å²) in [6, 6.07) is 1.69. The minimum absolute atomic E-state index is 0.0121. The van der Waals surface area contributed by atoms with Crippen LogP contribution in [0.15, 0.2) is 6.07 Å². The van der Waals surface area contributed by atoms with E-state index < -0.39 is 5.97 Å². The maximum Gasteiger partial charge on any atom is 0.340 e. The third-order valence-corrected chi connectivity index (χ3v) is 6.48. The number of esters is 1. The van der Waals surface area contributed by atoms with Crippen molar-refractivity contribution in [1.29, 1.82) is 0 Å². The Morgan fingerprint density at radius 1 is 1.28 bits per heavy atom. The first-order valence-electron chi connectivity index (χ1n) is 11.3. The predicted octanol–water partition coefficient (Wildman–Crippen LogP) is 2.18. The van der Waals surface area contributed by atoms with Crippen LogP contribution in [0.4, 0.5) is 0 Å². The molecule has 0 unspecified atom stereocenters. The number of carbonyl (C=O) groups is 2. The number of aromatic nitrogens is 4. The number of hydrogen-bond donors (Lipinski definition) is 1. The van der Waals surface area contributed by atoms with E-state index in [1.165, 1.54) is 0 Å². The molecule has 0 aromatic carbocycles. The van der Waals surface area contributed by atoms with Gasteiger partial charge in [0.25, 0.3) is 5.91 Å². The molecule has 9 heteroatoms. The summed E-state index contributed by atoms with van der Waals surface area (Å²) in [4.78, 5) is 25.3. The predicted molar refractivity (Wildman–Crippen MR) is 117 cm³/mol. The number of carbonyl (C=O) groups excluding carboxylic acids is 2. The van der Waals surface area contributed by atoms with Crippen molar-refractivity contribution in [1.82, 2.24) is 25.3 Å². The van der Waals surface area contributed by atoms with Gasteiger partial charge in [-0.1, -0.05) is 6.92 Å². The zero-order valence-electron chi connectivity index (χ0n) is 19.1. The first kappa shape index (κ1) is 22.4. The Kier molecular flexibility index (Phi) is 6.55. The van der Waals surface area contributed by atoms with Gasteiger partial charge in [-0.3, -0.25) is 9.48 Å². The summed E-state index contributed by atoms with van der Waals surface area (Å²) >= 11 is 0. The average Bonchev–Trinajstić information content (AvgIpc) is 3.07. The Hall–Kier alpha value is -2.81. The van der Waals surface area contributed by atoms with E-state index in [0.717, 1.165) is 49.4 Å².